The molecule has 0 saturated heterocycles. The summed E-state index contributed by atoms with van der Waals surface area (Å²) in [5.74, 6) is -79.5. The topological polar surface area (TPSA) is 17.1 Å². The van der Waals surface area contributed by atoms with Crippen molar-refractivity contribution in [1.29, 1.82) is 0 Å². The summed E-state index contributed by atoms with van der Waals surface area (Å²) in [7, 11) is -5.33. The Balaban J connectivity index is 6.53. The minimum atomic E-state index is -8.38. The standard InChI is InChI=1S/C19H14F26OSi/c1-7(46)47(2,5-3-8(20,21)10(24,25)12(28,29)14(32,33)16(36,37)18(40,41)42)6-4-9(22,23)11(26,27)13(30,31)15(34,35)17(38,39)19(43,44)45/h3-6H2,1-2H3. The van der Waals surface area contributed by atoms with Crippen molar-refractivity contribution in [2.45, 2.75) is 110 Å². The minimum Gasteiger partial charge on any atom is -0.306 e. The molecule has 282 valence electrons. The number of carbonyl (C=O) groups is 1. The van der Waals surface area contributed by atoms with Gasteiger partial charge in [-0.05, 0) is 19.0 Å². The number of alkyl halides is 26. The average molecular weight is 780 g/mol. The van der Waals surface area contributed by atoms with Gasteiger partial charge >= 0.3 is 71.6 Å². The van der Waals surface area contributed by atoms with Gasteiger partial charge in [-0.2, -0.15) is 114 Å². The van der Waals surface area contributed by atoms with Crippen LogP contribution in [0, 0.1) is 0 Å². The van der Waals surface area contributed by atoms with Crippen LogP contribution in [0.15, 0.2) is 0 Å². The lowest BCUT2D eigenvalue weighted by Crippen LogP contribution is -2.70. The lowest BCUT2D eigenvalue weighted by Gasteiger charge is -2.41. The van der Waals surface area contributed by atoms with Crippen molar-refractivity contribution in [3.8, 4) is 0 Å². The van der Waals surface area contributed by atoms with E-state index in [0.29, 0.717) is 0 Å². The van der Waals surface area contributed by atoms with Gasteiger partial charge in [0.15, 0.2) is 0 Å². The molecule has 0 saturated carbocycles. The summed E-state index contributed by atoms with van der Waals surface area (Å²) >= 11 is 0. The van der Waals surface area contributed by atoms with Crippen LogP contribution in [0.3, 0.4) is 0 Å². The molecule has 1 nitrogen and oxygen atoms in total. The molecule has 0 spiro atoms. The third kappa shape index (κ3) is 6.68. The van der Waals surface area contributed by atoms with Gasteiger partial charge in [-0.25, -0.2) is 0 Å². The van der Waals surface area contributed by atoms with Gasteiger partial charge in [0.05, 0.1) is 0 Å². The smallest absolute Gasteiger partial charge is 0.306 e. The Morgan fingerprint density at radius 1 is 0.383 bits per heavy atom. The molecule has 0 bridgehead atoms. The summed E-state index contributed by atoms with van der Waals surface area (Å²) in [5, 5.41) is -1.88. The van der Waals surface area contributed by atoms with E-state index in [1.807, 2.05) is 0 Å². The molecular formula is C19H14F26OSi. The number of carbonyl (C=O) groups excluding carboxylic acids is 1. The highest BCUT2D eigenvalue weighted by molar-refractivity contribution is 7.04. The summed E-state index contributed by atoms with van der Waals surface area (Å²) in [6.07, 6.45) is -22.1. The molecule has 0 aromatic rings. The lowest BCUT2D eigenvalue weighted by atomic mass is 9.93. The molecule has 0 unspecified atom stereocenters. The van der Waals surface area contributed by atoms with Crippen molar-refractivity contribution in [3.63, 3.8) is 0 Å². The van der Waals surface area contributed by atoms with Crippen LogP contribution in [0.4, 0.5) is 114 Å². The van der Waals surface area contributed by atoms with E-state index in [4.69, 9.17) is 0 Å². The van der Waals surface area contributed by atoms with Crippen LogP contribution < -0.4 is 0 Å². The van der Waals surface area contributed by atoms with Crippen molar-refractivity contribution in [2.24, 2.45) is 0 Å². The van der Waals surface area contributed by atoms with E-state index < -0.39 is 110 Å². The first-order chi connectivity index (χ1) is 19.9. The molecule has 0 aliphatic rings. The largest absolute Gasteiger partial charge is 0.460 e. The second kappa shape index (κ2) is 11.8. The number of halogens is 26. The van der Waals surface area contributed by atoms with Crippen LogP contribution >= 0.6 is 0 Å². The van der Waals surface area contributed by atoms with Gasteiger partial charge in [-0.1, -0.05) is 6.55 Å². The van der Waals surface area contributed by atoms with Crippen LogP contribution in [0.1, 0.15) is 19.8 Å². The van der Waals surface area contributed by atoms with Crippen molar-refractivity contribution in [2.75, 3.05) is 0 Å². The van der Waals surface area contributed by atoms with E-state index in [-0.39, 0.29) is 13.5 Å². The van der Waals surface area contributed by atoms with Gasteiger partial charge < -0.3 is 4.79 Å². The predicted octanol–water partition coefficient (Wildman–Crippen LogP) is 10.5. The monoisotopic (exact) mass is 780 g/mol. The van der Waals surface area contributed by atoms with Gasteiger partial charge in [0.25, 0.3) is 0 Å². The van der Waals surface area contributed by atoms with E-state index in [2.05, 4.69) is 0 Å². The molecule has 0 rings (SSSR count). The second-order valence-corrected chi connectivity index (χ2v) is 14.9. The Morgan fingerprint density at radius 2 is 0.574 bits per heavy atom. The molecule has 0 aliphatic carbocycles. The van der Waals surface area contributed by atoms with Gasteiger partial charge in [0, 0.05) is 12.8 Å². The Hall–Kier alpha value is -1.93. The highest BCUT2D eigenvalue weighted by atomic mass is 28.3. The van der Waals surface area contributed by atoms with Crippen LogP contribution in [0.25, 0.3) is 0 Å². The first-order valence-electron chi connectivity index (χ1n) is 11.3. The lowest BCUT2D eigenvalue weighted by molar-refractivity contribution is -0.440. The third-order valence-corrected chi connectivity index (χ3v) is 11.2. The first-order valence-corrected chi connectivity index (χ1v) is 14.2. The van der Waals surface area contributed by atoms with Crippen LogP contribution in [-0.4, -0.2) is 85.1 Å². The maximum atomic E-state index is 14.1. The molecule has 47 heavy (non-hydrogen) atoms. The summed E-state index contributed by atoms with van der Waals surface area (Å²) < 4.78 is 344. The highest BCUT2D eigenvalue weighted by Gasteiger charge is 2.92. The second-order valence-electron chi connectivity index (χ2n) is 10.1. The van der Waals surface area contributed by atoms with E-state index in [1.54, 1.807) is 0 Å². The number of hydrogen-bond donors (Lipinski definition) is 0. The van der Waals surface area contributed by atoms with Crippen molar-refractivity contribution in [3.05, 3.63) is 0 Å². The summed E-state index contributed by atoms with van der Waals surface area (Å²) in [6.45, 7) is 0.116. The molecule has 0 radical (unpaired) electrons. The number of hydrogen-bond acceptors (Lipinski definition) is 1. The average Bonchev–Trinajstić information content (AvgIpc) is 2.83. The molecule has 0 amide bonds. The molecular weight excluding hydrogens is 766 g/mol. The van der Waals surface area contributed by atoms with E-state index >= 15 is 0 Å². The fraction of sp³-hybridized carbons (Fsp3) is 0.947. The zero-order chi connectivity index (χ0) is 38.9. The maximum Gasteiger partial charge on any atom is 0.460 e. The Morgan fingerprint density at radius 3 is 0.745 bits per heavy atom. The van der Waals surface area contributed by atoms with Crippen LogP contribution in [0.2, 0.25) is 18.6 Å². The van der Waals surface area contributed by atoms with E-state index in [9.17, 15) is 119 Å². The van der Waals surface area contributed by atoms with Gasteiger partial charge in [-0.3, -0.25) is 0 Å². The fourth-order valence-corrected chi connectivity index (χ4v) is 5.95. The molecule has 28 heteroatoms. The van der Waals surface area contributed by atoms with Crippen LogP contribution in [0.5, 0.6) is 0 Å². The Labute approximate surface area is 243 Å². The van der Waals surface area contributed by atoms with Crippen LogP contribution in [-0.2, 0) is 4.79 Å². The van der Waals surface area contributed by atoms with Gasteiger partial charge in [-0.15, -0.1) is 0 Å². The SMILES string of the molecule is CC(=O)[Si](C)(CCC(F)(F)C(F)(F)C(F)(F)C(F)(F)C(F)(F)C(F)(F)F)CCC(F)(F)C(F)(F)C(F)(F)C(F)(F)C(F)(F)C(F)(F)F. The molecule has 0 fully saturated rings. The first kappa shape index (κ1) is 45.1. The van der Waals surface area contributed by atoms with E-state index in [1.165, 1.54) is 0 Å². The minimum absolute atomic E-state index is 0.0485. The van der Waals surface area contributed by atoms with E-state index in [0.717, 1.165) is 0 Å². The van der Waals surface area contributed by atoms with Crippen molar-refractivity contribution < 1.29 is 119 Å². The molecule has 0 N–H and O–H groups in total. The Kier molecular flexibility index (Phi) is 11.4. The third-order valence-electron chi connectivity index (χ3n) is 6.83. The van der Waals surface area contributed by atoms with Gasteiger partial charge in [0.2, 0.25) is 0 Å². The maximum absolute atomic E-state index is 14.1. The summed E-state index contributed by atoms with van der Waals surface area (Å²) in [5.41, 5.74) is 0. The number of rotatable bonds is 15. The van der Waals surface area contributed by atoms with Crippen molar-refractivity contribution in [1.82, 2.24) is 0 Å². The van der Waals surface area contributed by atoms with Crippen molar-refractivity contribution >= 4 is 13.5 Å². The zero-order valence-electron chi connectivity index (χ0n) is 22.1. The molecule has 0 aromatic heterocycles. The summed E-state index contributed by atoms with van der Waals surface area (Å²) in [6, 6.07) is -4.66. The quantitative estimate of drug-likeness (QED) is 0.120. The normalized spacial score (nSPS) is 16.5. The predicted molar refractivity (Wildman–Crippen MR) is 103 cm³/mol. The highest BCUT2D eigenvalue weighted by Crippen LogP contribution is 2.63. The molecule has 0 atom stereocenters. The van der Waals surface area contributed by atoms with Gasteiger partial charge in [0.1, 0.15) is 13.5 Å². The fourth-order valence-electron chi connectivity index (χ4n) is 3.26. The molecule has 0 heterocycles. The zero-order valence-corrected chi connectivity index (χ0v) is 23.1. The molecule has 0 aliphatic heterocycles. The summed E-state index contributed by atoms with van der Waals surface area (Å²) in [4.78, 5) is 11.8. The molecule has 0 aromatic carbocycles. The Bertz CT molecular complexity index is 1050.